The van der Waals surface area contributed by atoms with Gasteiger partial charge in [-0.05, 0) is 26.8 Å². The smallest absolute Gasteiger partial charge is 0.0256 e. The van der Waals surface area contributed by atoms with Gasteiger partial charge in [-0.15, -0.1) is 0 Å². The van der Waals surface area contributed by atoms with Gasteiger partial charge in [0.1, 0.15) is 0 Å². The first-order valence-electron chi connectivity index (χ1n) is 4.51. The summed E-state index contributed by atoms with van der Waals surface area (Å²) in [5.41, 5.74) is 3.42. The Labute approximate surface area is 69.1 Å². The maximum atomic E-state index is 3.42. The molecule has 1 saturated heterocycles. The molecule has 0 aromatic heterocycles. The van der Waals surface area contributed by atoms with E-state index in [1.807, 2.05) is 0 Å². The molecule has 0 saturated carbocycles. The van der Waals surface area contributed by atoms with Crippen LogP contribution in [-0.4, -0.2) is 37.2 Å². The number of nitrogens with one attached hydrogen (secondary N) is 2. The number of nitrogens with zero attached hydrogens (tertiary/aromatic N) is 1. The van der Waals surface area contributed by atoms with E-state index in [9.17, 15) is 0 Å². The van der Waals surface area contributed by atoms with Crippen molar-refractivity contribution in [3.8, 4) is 0 Å². The van der Waals surface area contributed by atoms with Gasteiger partial charge in [0.2, 0.25) is 0 Å². The van der Waals surface area contributed by atoms with E-state index in [0.29, 0.717) is 6.04 Å². The van der Waals surface area contributed by atoms with Crippen molar-refractivity contribution in [1.29, 1.82) is 0 Å². The molecule has 0 atom stereocenters. The van der Waals surface area contributed by atoms with Gasteiger partial charge in [-0.3, -0.25) is 5.43 Å². The van der Waals surface area contributed by atoms with E-state index in [4.69, 9.17) is 0 Å². The summed E-state index contributed by atoms with van der Waals surface area (Å²) in [6.45, 7) is 8.93. The lowest BCUT2D eigenvalue weighted by atomic mass is 10.4. The lowest BCUT2D eigenvalue weighted by molar-refractivity contribution is 0.179. The normalized spacial score (nSPS) is 22.1. The van der Waals surface area contributed by atoms with Crippen molar-refractivity contribution in [2.24, 2.45) is 0 Å². The zero-order valence-electron chi connectivity index (χ0n) is 7.56. The van der Waals surface area contributed by atoms with Crippen molar-refractivity contribution in [3.05, 3.63) is 0 Å². The van der Waals surface area contributed by atoms with Crippen molar-refractivity contribution in [3.63, 3.8) is 0 Å². The largest absolute Gasteiger partial charge is 0.315 e. The molecule has 1 heterocycles. The number of rotatable bonds is 2. The minimum Gasteiger partial charge on any atom is -0.315 e. The van der Waals surface area contributed by atoms with Crippen LogP contribution in [0.15, 0.2) is 0 Å². The summed E-state index contributed by atoms with van der Waals surface area (Å²) in [4.78, 5) is 0. The maximum absolute atomic E-state index is 3.42. The Morgan fingerprint density at radius 3 is 2.82 bits per heavy atom. The second-order valence-corrected chi connectivity index (χ2v) is 3.37. The third-order valence-corrected chi connectivity index (χ3v) is 1.78. The van der Waals surface area contributed by atoms with E-state index in [2.05, 4.69) is 29.6 Å². The molecule has 0 bridgehead atoms. The molecule has 3 heteroatoms. The summed E-state index contributed by atoms with van der Waals surface area (Å²) in [5.74, 6) is 0. The van der Waals surface area contributed by atoms with Gasteiger partial charge in [-0.2, -0.15) is 0 Å². The van der Waals surface area contributed by atoms with Crippen LogP contribution in [0.25, 0.3) is 0 Å². The topological polar surface area (TPSA) is 27.3 Å². The number of hydrogen-bond donors (Lipinski definition) is 2. The van der Waals surface area contributed by atoms with Gasteiger partial charge in [0.25, 0.3) is 0 Å². The van der Waals surface area contributed by atoms with Gasteiger partial charge in [0.15, 0.2) is 0 Å². The Morgan fingerprint density at radius 2 is 2.09 bits per heavy atom. The molecule has 0 amide bonds. The lowest BCUT2D eigenvalue weighted by Gasteiger charge is -2.23. The molecule has 2 N–H and O–H groups in total. The van der Waals surface area contributed by atoms with Gasteiger partial charge in [0.05, 0.1) is 0 Å². The van der Waals surface area contributed by atoms with Crippen LogP contribution in [0.5, 0.6) is 0 Å². The highest BCUT2D eigenvalue weighted by Crippen LogP contribution is 1.92. The van der Waals surface area contributed by atoms with Crippen molar-refractivity contribution >= 4 is 0 Å². The van der Waals surface area contributed by atoms with Crippen LogP contribution in [0.3, 0.4) is 0 Å². The zero-order chi connectivity index (χ0) is 8.10. The standard InChI is InChI=1S/C8H19N3/c1-8(2)10-11-6-3-4-9-5-7-11/h8-10H,3-7H2,1-2H3. The van der Waals surface area contributed by atoms with Gasteiger partial charge < -0.3 is 5.32 Å². The summed E-state index contributed by atoms with van der Waals surface area (Å²) >= 11 is 0. The van der Waals surface area contributed by atoms with E-state index in [1.54, 1.807) is 0 Å². The summed E-state index contributed by atoms with van der Waals surface area (Å²) in [7, 11) is 0. The number of hydrazine groups is 1. The average Bonchev–Trinajstić information content (AvgIpc) is 2.14. The van der Waals surface area contributed by atoms with E-state index in [-0.39, 0.29) is 0 Å². The van der Waals surface area contributed by atoms with E-state index in [1.165, 1.54) is 13.0 Å². The molecule has 11 heavy (non-hydrogen) atoms. The Balaban J connectivity index is 2.20. The molecule has 66 valence electrons. The van der Waals surface area contributed by atoms with Crippen molar-refractivity contribution < 1.29 is 0 Å². The predicted octanol–water partition coefficient (Wildman–Crippen LogP) is 0.195. The zero-order valence-corrected chi connectivity index (χ0v) is 7.56. The van der Waals surface area contributed by atoms with Crippen LogP contribution < -0.4 is 10.7 Å². The Bertz CT molecular complexity index is 95.5. The highest BCUT2D eigenvalue weighted by Gasteiger charge is 2.07. The fourth-order valence-corrected chi connectivity index (χ4v) is 1.34. The third kappa shape index (κ3) is 3.70. The second-order valence-electron chi connectivity index (χ2n) is 3.37. The summed E-state index contributed by atoms with van der Waals surface area (Å²) in [5, 5.41) is 5.68. The Hall–Kier alpha value is -0.120. The van der Waals surface area contributed by atoms with Gasteiger partial charge in [-0.25, -0.2) is 5.01 Å². The van der Waals surface area contributed by atoms with Gasteiger partial charge >= 0.3 is 0 Å². The quantitative estimate of drug-likeness (QED) is 0.599. The molecule has 1 rings (SSSR count). The molecule has 0 aromatic rings. The Morgan fingerprint density at radius 1 is 1.27 bits per heavy atom. The van der Waals surface area contributed by atoms with Crippen LogP contribution in [0.4, 0.5) is 0 Å². The molecule has 0 unspecified atom stereocenters. The Kier molecular flexibility index (Phi) is 3.83. The first-order valence-corrected chi connectivity index (χ1v) is 4.51. The maximum Gasteiger partial charge on any atom is 0.0256 e. The summed E-state index contributed by atoms with van der Waals surface area (Å²) in [6, 6.07) is 0.563. The monoisotopic (exact) mass is 157 g/mol. The highest BCUT2D eigenvalue weighted by atomic mass is 15.5. The van der Waals surface area contributed by atoms with Crippen LogP contribution in [0.2, 0.25) is 0 Å². The average molecular weight is 157 g/mol. The van der Waals surface area contributed by atoms with Crippen molar-refractivity contribution in [2.45, 2.75) is 26.3 Å². The minimum absolute atomic E-state index is 0.563. The molecule has 0 spiro atoms. The molecule has 1 aliphatic rings. The molecule has 1 fully saturated rings. The van der Waals surface area contributed by atoms with Gasteiger partial charge in [0, 0.05) is 25.7 Å². The molecule has 0 radical (unpaired) electrons. The van der Waals surface area contributed by atoms with Crippen LogP contribution in [0, 0.1) is 0 Å². The molecule has 1 aliphatic heterocycles. The third-order valence-electron chi connectivity index (χ3n) is 1.78. The molecule has 3 nitrogen and oxygen atoms in total. The second kappa shape index (κ2) is 4.70. The number of hydrogen-bond acceptors (Lipinski definition) is 3. The SMILES string of the molecule is CC(C)NN1CCCNCC1. The van der Waals surface area contributed by atoms with E-state index in [0.717, 1.165) is 19.6 Å². The van der Waals surface area contributed by atoms with Crippen LogP contribution in [-0.2, 0) is 0 Å². The molecule has 0 aromatic carbocycles. The highest BCUT2D eigenvalue weighted by molar-refractivity contribution is 4.63. The molecular formula is C8H19N3. The summed E-state index contributed by atoms with van der Waals surface area (Å²) in [6.07, 6.45) is 1.25. The fraction of sp³-hybridized carbons (Fsp3) is 1.00. The first-order chi connectivity index (χ1) is 5.29. The van der Waals surface area contributed by atoms with Gasteiger partial charge in [-0.1, -0.05) is 0 Å². The van der Waals surface area contributed by atoms with E-state index >= 15 is 0 Å². The van der Waals surface area contributed by atoms with Crippen molar-refractivity contribution in [2.75, 3.05) is 26.2 Å². The lowest BCUT2D eigenvalue weighted by Crippen LogP contribution is -2.44. The molecular weight excluding hydrogens is 138 g/mol. The molecule has 0 aliphatic carbocycles. The van der Waals surface area contributed by atoms with Crippen LogP contribution >= 0.6 is 0 Å². The fourth-order valence-electron chi connectivity index (χ4n) is 1.34. The minimum atomic E-state index is 0.563. The predicted molar refractivity (Wildman–Crippen MR) is 47.3 cm³/mol. The van der Waals surface area contributed by atoms with E-state index < -0.39 is 0 Å². The van der Waals surface area contributed by atoms with Crippen LogP contribution in [0.1, 0.15) is 20.3 Å². The summed E-state index contributed by atoms with van der Waals surface area (Å²) < 4.78 is 0. The first kappa shape index (κ1) is 8.97. The van der Waals surface area contributed by atoms with Crippen molar-refractivity contribution in [1.82, 2.24) is 15.8 Å².